The van der Waals surface area contributed by atoms with Crippen LogP contribution in [0.15, 0.2) is 36.5 Å². The fourth-order valence-corrected chi connectivity index (χ4v) is 5.22. The molecular formula is C22H14FIN4OS2. The molecule has 9 heteroatoms. The molecule has 0 fully saturated rings. The highest BCUT2D eigenvalue weighted by Crippen LogP contribution is 2.41. The van der Waals surface area contributed by atoms with Crippen LogP contribution in [0.2, 0.25) is 0 Å². The van der Waals surface area contributed by atoms with Gasteiger partial charge in [0.15, 0.2) is 5.82 Å². The van der Waals surface area contributed by atoms with Crippen LogP contribution in [0, 0.1) is 17.0 Å². The fraction of sp³-hybridized carbons (Fsp3) is 0.136. The quantitative estimate of drug-likeness (QED) is 0.235. The van der Waals surface area contributed by atoms with Crippen LogP contribution in [0.3, 0.4) is 0 Å². The molecule has 0 aliphatic carbocycles. The Balaban J connectivity index is 1.67. The third kappa shape index (κ3) is 3.73. The number of fused-ring (bicyclic) bond motifs is 5. The van der Waals surface area contributed by atoms with E-state index in [1.54, 1.807) is 12.1 Å². The van der Waals surface area contributed by atoms with E-state index >= 15 is 0 Å². The summed E-state index contributed by atoms with van der Waals surface area (Å²) in [6.07, 6.45) is 1.18. The summed E-state index contributed by atoms with van der Waals surface area (Å²) in [6.45, 7) is 2.62. The molecule has 4 aromatic rings. The summed E-state index contributed by atoms with van der Waals surface area (Å²) in [7, 11) is 1.35. The van der Waals surface area contributed by atoms with Gasteiger partial charge in [-0.3, -0.25) is 4.79 Å². The van der Waals surface area contributed by atoms with Crippen molar-refractivity contribution >= 4 is 74.1 Å². The van der Waals surface area contributed by atoms with E-state index in [2.05, 4.69) is 48.0 Å². The largest absolute Gasteiger partial charge is 0.381 e. The Bertz CT molecular complexity index is 1430. The van der Waals surface area contributed by atoms with Gasteiger partial charge in [-0.15, -0.1) is 11.3 Å². The first kappa shape index (κ1) is 20.5. The summed E-state index contributed by atoms with van der Waals surface area (Å²) in [5.41, 5.74) is 2.93. The second-order valence-electron chi connectivity index (χ2n) is 7.12. The molecule has 1 atom stereocenters. The monoisotopic (exact) mass is 560 g/mol. The van der Waals surface area contributed by atoms with Gasteiger partial charge in [0.05, 0.1) is 23.1 Å². The molecule has 154 valence electrons. The van der Waals surface area contributed by atoms with E-state index in [9.17, 15) is 9.18 Å². The maximum Gasteiger partial charge on any atom is 0.263 e. The molecule has 0 bridgehead atoms. The van der Waals surface area contributed by atoms with E-state index in [1.165, 1.54) is 26.5 Å². The van der Waals surface area contributed by atoms with Gasteiger partial charge >= 0.3 is 0 Å². The molecule has 2 N–H and O–H groups in total. The zero-order valence-corrected chi connectivity index (χ0v) is 19.9. The first-order valence-electron chi connectivity index (χ1n) is 9.40. The van der Waals surface area contributed by atoms with Gasteiger partial charge in [0.1, 0.15) is 10.6 Å². The van der Waals surface area contributed by atoms with Gasteiger partial charge in [-0.25, -0.2) is 14.4 Å². The molecule has 0 unspecified atom stereocenters. The van der Waals surface area contributed by atoms with Gasteiger partial charge in [0, 0.05) is 54.8 Å². The molecule has 1 amide bonds. The number of hydrogen-bond acceptors (Lipinski definition) is 6. The van der Waals surface area contributed by atoms with Gasteiger partial charge in [-0.1, -0.05) is 0 Å². The number of anilines is 1. The predicted octanol–water partition coefficient (Wildman–Crippen LogP) is 5.59. The SMILES string of the molecule is C[C@@H]1CNc2c(sc3ccc4nc(-c5cc(C#CSI)ncc5F)ccc4c23)C(=O)N1. The van der Waals surface area contributed by atoms with Crippen molar-refractivity contribution in [2.45, 2.75) is 13.0 Å². The number of nitrogens with one attached hydrogen (secondary N) is 2. The molecule has 0 radical (unpaired) electrons. The Labute approximate surface area is 197 Å². The Kier molecular flexibility index (Phi) is 5.45. The van der Waals surface area contributed by atoms with Crippen molar-refractivity contribution in [3.05, 3.63) is 52.9 Å². The van der Waals surface area contributed by atoms with Gasteiger partial charge in [0.25, 0.3) is 5.91 Å². The molecule has 1 aliphatic heterocycles. The van der Waals surface area contributed by atoms with Crippen LogP contribution >= 0.6 is 41.5 Å². The lowest BCUT2D eigenvalue weighted by Gasteiger charge is -2.10. The van der Waals surface area contributed by atoms with Crippen LogP contribution < -0.4 is 10.6 Å². The zero-order chi connectivity index (χ0) is 21.5. The van der Waals surface area contributed by atoms with Crippen LogP contribution in [-0.2, 0) is 0 Å². The lowest BCUT2D eigenvalue weighted by Crippen LogP contribution is -2.34. The van der Waals surface area contributed by atoms with Crippen LogP contribution in [-0.4, -0.2) is 28.5 Å². The van der Waals surface area contributed by atoms with E-state index in [1.807, 2.05) is 25.1 Å². The zero-order valence-electron chi connectivity index (χ0n) is 16.1. The number of thiophene rings is 1. The number of hydrogen-bond donors (Lipinski definition) is 2. The molecule has 5 nitrogen and oxygen atoms in total. The minimum Gasteiger partial charge on any atom is -0.381 e. The number of rotatable bonds is 1. The molecule has 5 rings (SSSR count). The highest BCUT2D eigenvalue weighted by atomic mass is 127. The van der Waals surface area contributed by atoms with Crippen molar-refractivity contribution in [3.8, 4) is 22.4 Å². The molecule has 4 heterocycles. The van der Waals surface area contributed by atoms with Crippen LogP contribution in [0.1, 0.15) is 22.3 Å². The second kappa shape index (κ2) is 8.26. The number of aromatic nitrogens is 2. The molecule has 0 saturated carbocycles. The molecule has 1 aliphatic rings. The van der Waals surface area contributed by atoms with E-state index in [0.29, 0.717) is 28.4 Å². The Hall–Kier alpha value is -2.42. The number of carbonyl (C=O) groups excluding carboxylic acids is 1. The molecular weight excluding hydrogens is 546 g/mol. The summed E-state index contributed by atoms with van der Waals surface area (Å²) in [4.78, 5) is 22.0. The van der Waals surface area contributed by atoms with Crippen molar-refractivity contribution in [1.29, 1.82) is 0 Å². The van der Waals surface area contributed by atoms with Gasteiger partial charge in [-0.2, -0.15) is 0 Å². The first-order chi connectivity index (χ1) is 15.0. The van der Waals surface area contributed by atoms with E-state index in [0.717, 1.165) is 26.7 Å². The third-order valence-electron chi connectivity index (χ3n) is 5.04. The molecule has 1 aromatic carbocycles. The van der Waals surface area contributed by atoms with E-state index in [-0.39, 0.29) is 11.9 Å². The van der Waals surface area contributed by atoms with Gasteiger partial charge in [0.2, 0.25) is 0 Å². The van der Waals surface area contributed by atoms with Gasteiger partial charge < -0.3 is 10.6 Å². The first-order valence-corrected chi connectivity index (χ1v) is 13.6. The summed E-state index contributed by atoms with van der Waals surface area (Å²) < 4.78 is 15.5. The number of pyridine rings is 2. The highest BCUT2D eigenvalue weighted by Gasteiger charge is 2.24. The number of carbonyl (C=O) groups is 1. The topological polar surface area (TPSA) is 66.9 Å². The number of halogens is 2. The van der Waals surface area contributed by atoms with E-state index in [4.69, 9.17) is 4.98 Å². The molecule has 3 aromatic heterocycles. The minimum atomic E-state index is -0.447. The summed E-state index contributed by atoms with van der Waals surface area (Å²) in [6, 6.07) is 9.26. The molecule has 0 saturated heterocycles. The second-order valence-corrected chi connectivity index (χ2v) is 9.85. The smallest absolute Gasteiger partial charge is 0.263 e. The highest BCUT2D eigenvalue weighted by molar-refractivity contribution is 14.2. The Morgan fingerprint density at radius 1 is 1.32 bits per heavy atom. The number of amides is 1. The number of nitrogens with zero attached hydrogens (tertiary/aromatic N) is 2. The van der Waals surface area contributed by atoms with E-state index < -0.39 is 5.82 Å². The maximum atomic E-state index is 14.5. The summed E-state index contributed by atoms with van der Waals surface area (Å²) in [5, 5.41) is 11.2. The van der Waals surface area contributed by atoms with Crippen molar-refractivity contribution < 1.29 is 9.18 Å². The molecule has 0 spiro atoms. The normalized spacial score (nSPS) is 15.6. The van der Waals surface area contributed by atoms with Crippen molar-refractivity contribution in [2.75, 3.05) is 11.9 Å². The minimum absolute atomic E-state index is 0.0411. The van der Waals surface area contributed by atoms with Crippen molar-refractivity contribution in [2.24, 2.45) is 0 Å². The lowest BCUT2D eigenvalue weighted by atomic mass is 10.1. The Morgan fingerprint density at radius 2 is 2.19 bits per heavy atom. The standard InChI is InChI=1S/C22H14FIN4OS2/c1-11-9-26-20-19-13-2-3-17(14-8-12(6-7-30-24)25-10-15(14)23)28-16(13)4-5-18(19)31-21(20)22(29)27-11/h2-5,8,10-11,26H,9H2,1H3,(H,27,29)/t11-/m1/s1. The summed E-state index contributed by atoms with van der Waals surface area (Å²) in [5.74, 6) is 2.38. The summed E-state index contributed by atoms with van der Waals surface area (Å²) >= 11 is 3.54. The van der Waals surface area contributed by atoms with Crippen LogP contribution in [0.4, 0.5) is 10.1 Å². The lowest BCUT2D eigenvalue weighted by molar-refractivity contribution is 0.0949. The fourth-order valence-electron chi connectivity index (χ4n) is 3.65. The van der Waals surface area contributed by atoms with Gasteiger partial charge in [-0.05, 0) is 57.4 Å². The van der Waals surface area contributed by atoms with Crippen LogP contribution in [0.25, 0.3) is 32.2 Å². The average molecular weight is 560 g/mol. The maximum absolute atomic E-state index is 14.5. The van der Waals surface area contributed by atoms with Crippen LogP contribution in [0.5, 0.6) is 0 Å². The molecule has 31 heavy (non-hydrogen) atoms. The van der Waals surface area contributed by atoms with Crippen molar-refractivity contribution in [3.63, 3.8) is 0 Å². The van der Waals surface area contributed by atoms with Crippen molar-refractivity contribution in [1.82, 2.24) is 15.3 Å². The average Bonchev–Trinajstić information content (AvgIpc) is 3.09. The Morgan fingerprint density at radius 3 is 3.03 bits per heavy atom. The third-order valence-corrected chi connectivity index (χ3v) is 7.03. The predicted molar refractivity (Wildman–Crippen MR) is 134 cm³/mol. The number of benzene rings is 1.